The van der Waals surface area contributed by atoms with Gasteiger partial charge in [0.2, 0.25) is 5.91 Å². The summed E-state index contributed by atoms with van der Waals surface area (Å²) in [6, 6.07) is 3.94. The molecular formula is C32H47F2N9O4S2Si. The molecule has 2 aromatic heterocycles. The van der Waals surface area contributed by atoms with Crippen LogP contribution in [0.5, 0.6) is 0 Å². The summed E-state index contributed by atoms with van der Waals surface area (Å²) in [7, 11) is 1.70. The number of hydrogen-bond donors (Lipinski definition) is 0. The number of alkyl halides is 2. The zero-order chi connectivity index (χ0) is 36.6. The minimum atomic E-state index is -4.30. The fourth-order valence-electron chi connectivity index (χ4n) is 6.07. The number of rotatable bonds is 15. The molecular weight excluding hydrogens is 705 g/mol. The van der Waals surface area contributed by atoms with Crippen molar-refractivity contribution < 1.29 is 26.7 Å². The SMILES string of the molecule is [C-]#[N+]C1(N(COCC[Si](C)(C)C)S(=O)(=O)c2cc(N3CCC(C(=O)N(C)CCN(C)C)CC3)c3c(c2)c(-c2nnc(C(F)F)s2)nn3C)CC1. The Morgan fingerprint density at radius 3 is 2.40 bits per heavy atom. The summed E-state index contributed by atoms with van der Waals surface area (Å²) in [6.45, 7) is 17.0. The van der Waals surface area contributed by atoms with E-state index in [2.05, 4.69) is 44.7 Å². The van der Waals surface area contributed by atoms with E-state index < -0.39 is 35.2 Å². The van der Waals surface area contributed by atoms with Crippen LogP contribution in [0, 0.1) is 12.5 Å². The van der Waals surface area contributed by atoms with Crippen molar-refractivity contribution in [1.82, 2.24) is 34.1 Å². The van der Waals surface area contributed by atoms with Gasteiger partial charge in [-0.25, -0.2) is 23.8 Å². The third kappa shape index (κ3) is 8.18. The van der Waals surface area contributed by atoms with Crippen molar-refractivity contribution in [3.8, 4) is 10.7 Å². The molecule has 1 aliphatic carbocycles. The zero-order valence-corrected chi connectivity index (χ0v) is 32.5. The number of carbonyl (C=O) groups excluding carboxylic acids is 1. The molecule has 3 heterocycles. The first-order valence-corrected chi connectivity index (χ1v) is 22.7. The van der Waals surface area contributed by atoms with Crippen molar-refractivity contribution in [2.24, 2.45) is 13.0 Å². The van der Waals surface area contributed by atoms with Crippen LogP contribution < -0.4 is 4.90 Å². The number of aryl methyl sites for hydroxylation is 1. The summed E-state index contributed by atoms with van der Waals surface area (Å²) >= 11 is 0.705. The molecule has 274 valence electrons. The maximum atomic E-state index is 14.6. The molecule has 0 spiro atoms. The van der Waals surface area contributed by atoms with E-state index in [1.54, 1.807) is 22.7 Å². The number of benzene rings is 1. The average molecular weight is 752 g/mol. The van der Waals surface area contributed by atoms with E-state index in [0.717, 1.165) is 12.6 Å². The number of hydrogen-bond acceptors (Lipinski definition) is 10. The van der Waals surface area contributed by atoms with Crippen LogP contribution in [0.2, 0.25) is 25.7 Å². The largest absolute Gasteiger partial charge is 0.370 e. The van der Waals surface area contributed by atoms with E-state index in [-0.39, 0.29) is 34.2 Å². The van der Waals surface area contributed by atoms with E-state index >= 15 is 0 Å². The van der Waals surface area contributed by atoms with Crippen molar-refractivity contribution in [3.05, 3.63) is 28.6 Å². The summed E-state index contributed by atoms with van der Waals surface area (Å²) < 4.78 is 65.0. The minimum Gasteiger partial charge on any atom is -0.370 e. The van der Waals surface area contributed by atoms with E-state index in [1.807, 2.05) is 26.0 Å². The second kappa shape index (κ2) is 14.9. The van der Waals surface area contributed by atoms with Gasteiger partial charge in [0.05, 0.1) is 28.9 Å². The van der Waals surface area contributed by atoms with Gasteiger partial charge in [0.15, 0.2) is 10.0 Å². The van der Waals surface area contributed by atoms with Gasteiger partial charge in [-0.1, -0.05) is 35.3 Å². The van der Waals surface area contributed by atoms with Gasteiger partial charge in [-0.3, -0.25) is 14.3 Å². The second-order valence-corrected chi connectivity index (χ2v) is 23.2. The molecule has 0 bridgehead atoms. The van der Waals surface area contributed by atoms with Gasteiger partial charge in [-0.2, -0.15) is 5.10 Å². The number of likely N-dealkylation sites (N-methyl/N-ethyl adjacent to an activating group) is 2. The Bertz CT molecular complexity index is 1840. The fourth-order valence-corrected chi connectivity index (χ4v) is 9.19. The summed E-state index contributed by atoms with van der Waals surface area (Å²) in [5, 5.41) is 12.3. The van der Waals surface area contributed by atoms with Crippen molar-refractivity contribution in [2.45, 2.75) is 68.4 Å². The van der Waals surface area contributed by atoms with Crippen LogP contribution in [0.3, 0.4) is 0 Å². The summed E-state index contributed by atoms with van der Waals surface area (Å²) in [6.07, 6.45) is -0.884. The lowest BCUT2D eigenvalue weighted by Gasteiger charge is -2.35. The summed E-state index contributed by atoms with van der Waals surface area (Å²) in [5.74, 6) is -0.0881. The normalized spacial score (nSPS) is 16.9. The highest BCUT2D eigenvalue weighted by atomic mass is 32.2. The number of nitrogens with zero attached hydrogens (tertiary/aromatic N) is 9. The van der Waals surface area contributed by atoms with E-state index in [1.165, 1.54) is 10.4 Å². The van der Waals surface area contributed by atoms with E-state index in [4.69, 9.17) is 11.3 Å². The third-order valence-corrected chi connectivity index (χ3v) is 13.8. The zero-order valence-electron chi connectivity index (χ0n) is 29.8. The molecule has 2 aliphatic rings. The Morgan fingerprint density at radius 1 is 1.16 bits per heavy atom. The molecule has 1 saturated carbocycles. The number of halogens is 2. The smallest absolute Gasteiger partial charge is 0.303 e. The number of aromatic nitrogens is 4. The highest BCUT2D eigenvalue weighted by Gasteiger charge is 2.61. The van der Waals surface area contributed by atoms with Crippen molar-refractivity contribution in [1.29, 1.82) is 0 Å². The minimum absolute atomic E-state index is 0.0572. The standard InChI is InChI=1S/C32H47F2N9O4S2Si/c1-35-32(11-12-32)43(21-47-17-18-50(6,7)8)49(45,46)23-19-24-26(29-36-37-30(48-29)28(33)34)38-41(5)27(24)25(20-23)42-13-9-22(10-14-42)31(44)40(4)16-15-39(2)3/h19-20,22,28H,9-18,21H2,2-8H3. The highest BCUT2D eigenvalue weighted by Crippen LogP contribution is 2.47. The van der Waals surface area contributed by atoms with Crippen LogP contribution in [0.25, 0.3) is 26.4 Å². The number of anilines is 1. The van der Waals surface area contributed by atoms with Gasteiger partial charge < -0.3 is 19.4 Å². The molecule has 50 heavy (non-hydrogen) atoms. The number of ether oxygens (including phenoxy) is 1. The Labute approximate surface area is 298 Å². The Kier molecular flexibility index (Phi) is 11.4. The van der Waals surface area contributed by atoms with Gasteiger partial charge in [-0.05, 0) is 45.1 Å². The predicted molar refractivity (Wildman–Crippen MR) is 192 cm³/mol. The molecule has 13 nitrogen and oxygen atoms in total. The van der Waals surface area contributed by atoms with Crippen LogP contribution in [0.4, 0.5) is 14.5 Å². The van der Waals surface area contributed by atoms with E-state index in [0.29, 0.717) is 79.9 Å². The van der Waals surface area contributed by atoms with Gasteiger partial charge in [0.25, 0.3) is 16.4 Å². The van der Waals surface area contributed by atoms with Gasteiger partial charge in [0, 0.05) is 66.3 Å². The molecule has 3 aromatic rings. The lowest BCUT2D eigenvalue weighted by molar-refractivity contribution is -0.134. The first kappa shape index (κ1) is 38.2. The summed E-state index contributed by atoms with van der Waals surface area (Å²) in [5.41, 5.74) is 0.195. The molecule has 0 unspecified atom stereocenters. The Balaban J connectivity index is 1.54. The molecule has 1 aliphatic heterocycles. The highest BCUT2D eigenvalue weighted by molar-refractivity contribution is 7.89. The van der Waals surface area contributed by atoms with Gasteiger partial charge >= 0.3 is 5.66 Å². The lowest BCUT2D eigenvalue weighted by Crippen LogP contribution is -2.43. The quantitative estimate of drug-likeness (QED) is 0.0917. The van der Waals surface area contributed by atoms with Crippen LogP contribution in [0.1, 0.15) is 37.1 Å². The van der Waals surface area contributed by atoms with Crippen LogP contribution in [-0.2, 0) is 26.6 Å². The van der Waals surface area contributed by atoms with Crippen molar-refractivity contribution >= 4 is 51.9 Å². The predicted octanol–water partition coefficient (Wildman–Crippen LogP) is 4.98. The van der Waals surface area contributed by atoms with Crippen LogP contribution in [0.15, 0.2) is 17.0 Å². The summed E-state index contributed by atoms with van der Waals surface area (Å²) in [4.78, 5) is 22.8. The molecule has 18 heteroatoms. The lowest BCUT2D eigenvalue weighted by atomic mass is 9.94. The monoisotopic (exact) mass is 751 g/mol. The average Bonchev–Trinajstić information content (AvgIpc) is 3.54. The maximum absolute atomic E-state index is 14.6. The van der Waals surface area contributed by atoms with Crippen molar-refractivity contribution in [2.75, 3.05) is 65.6 Å². The number of amides is 1. The maximum Gasteiger partial charge on any atom is 0.303 e. The molecule has 5 rings (SSSR count). The number of sulfonamides is 1. The topological polar surface area (TPSA) is 121 Å². The molecule has 0 atom stereocenters. The number of fused-ring (bicyclic) bond motifs is 1. The molecule has 0 radical (unpaired) electrons. The third-order valence-electron chi connectivity index (χ3n) is 9.33. The first-order valence-electron chi connectivity index (χ1n) is 16.7. The second-order valence-electron chi connectivity index (χ2n) is 14.7. The Morgan fingerprint density at radius 2 is 1.84 bits per heavy atom. The molecule has 1 aromatic carbocycles. The molecule has 2 fully saturated rings. The van der Waals surface area contributed by atoms with Gasteiger partial charge in [-0.15, -0.1) is 10.2 Å². The first-order chi connectivity index (χ1) is 23.5. The van der Waals surface area contributed by atoms with Crippen LogP contribution >= 0.6 is 11.3 Å². The van der Waals surface area contributed by atoms with E-state index in [9.17, 15) is 22.0 Å². The number of piperidine rings is 1. The molecule has 0 N–H and O–H groups in total. The van der Waals surface area contributed by atoms with Crippen LogP contribution in [-0.4, -0.2) is 123 Å². The van der Waals surface area contributed by atoms with Gasteiger partial charge in [0.1, 0.15) is 12.4 Å². The van der Waals surface area contributed by atoms with Crippen molar-refractivity contribution in [3.63, 3.8) is 0 Å². The number of carbonyl (C=O) groups is 1. The molecule has 1 amide bonds. The molecule has 1 saturated heterocycles. The fraction of sp³-hybridized carbons (Fsp3) is 0.656. The Hall–Kier alpha value is -3.08.